The summed E-state index contributed by atoms with van der Waals surface area (Å²) < 4.78 is 6.33. The second kappa shape index (κ2) is 9.92. The largest absolute Gasteiger partial charge is 0.465 e. The summed E-state index contributed by atoms with van der Waals surface area (Å²) in [5, 5.41) is 13.1. The maximum Gasteiger partial charge on any atom is 0.407 e. The monoisotopic (exact) mass is 401 g/mol. The molecule has 1 saturated carbocycles. The van der Waals surface area contributed by atoms with Gasteiger partial charge in [0, 0.05) is 31.2 Å². The summed E-state index contributed by atoms with van der Waals surface area (Å²) in [5.41, 5.74) is 1.25. The standard InChI is InChI=1S/C23H35N3O3/c27-23(28)26-15-12-20(16-26)25-13-10-19(11-14-25)24-21-8-4-5-9-22(21)29-17-18-6-2-1-3-7-18/h1-3,6-7,19-22,24H,4-5,8-17H2,(H,27,28)/t20-,21-,22-/m0/s1. The highest BCUT2D eigenvalue weighted by molar-refractivity contribution is 5.65. The van der Waals surface area contributed by atoms with Crippen molar-refractivity contribution in [3.63, 3.8) is 0 Å². The van der Waals surface area contributed by atoms with Gasteiger partial charge in [0.05, 0.1) is 12.7 Å². The van der Waals surface area contributed by atoms with Gasteiger partial charge in [-0.25, -0.2) is 4.79 Å². The number of ether oxygens (including phenoxy) is 1. The Morgan fingerprint density at radius 3 is 2.52 bits per heavy atom. The van der Waals surface area contributed by atoms with Crippen LogP contribution in [0.4, 0.5) is 4.79 Å². The molecule has 0 bridgehead atoms. The van der Waals surface area contributed by atoms with Crippen LogP contribution in [-0.2, 0) is 11.3 Å². The van der Waals surface area contributed by atoms with Crippen molar-refractivity contribution in [2.75, 3.05) is 26.2 Å². The number of piperidine rings is 1. The molecule has 1 aromatic rings. The van der Waals surface area contributed by atoms with E-state index in [1.807, 2.05) is 6.07 Å². The molecule has 6 nitrogen and oxygen atoms in total. The van der Waals surface area contributed by atoms with Crippen LogP contribution in [0.5, 0.6) is 0 Å². The first kappa shape index (κ1) is 20.6. The van der Waals surface area contributed by atoms with Gasteiger partial charge in [-0.2, -0.15) is 0 Å². The van der Waals surface area contributed by atoms with Crippen molar-refractivity contribution >= 4 is 6.09 Å². The predicted octanol–water partition coefficient (Wildman–Crippen LogP) is 3.32. The van der Waals surface area contributed by atoms with Crippen molar-refractivity contribution in [3.8, 4) is 0 Å². The fraction of sp³-hybridized carbons (Fsp3) is 0.696. The fourth-order valence-electron chi connectivity index (χ4n) is 5.21. The van der Waals surface area contributed by atoms with E-state index in [1.54, 1.807) is 4.90 Å². The van der Waals surface area contributed by atoms with E-state index in [4.69, 9.17) is 4.74 Å². The average Bonchev–Trinajstić information content (AvgIpc) is 3.25. The van der Waals surface area contributed by atoms with E-state index >= 15 is 0 Å². The zero-order valence-corrected chi connectivity index (χ0v) is 17.3. The molecule has 0 spiro atoms. The van der Waals surface area contributed by atoms with E-state index in [9.17, 15) is 9.90 Å². The van der Waals surface area contributed by atoms with Gasteiger partial charge in [-0.05, 0) is 50.8 Å². The minimum Gasteiger partial charge on any atom is -0.465 e. The first-order valence-electron chi connectivity index (χ1n) is 11.3. The molecule has 2 saturated heterocycles. The Kier molecular flexibility index (Phi) is 7.06. The number of nitrogens with zero attached hydrogens (tertiary/aromatic N) is 2. The Balaban J connectivity index is 1.23. The van der Waals surface area contributed by atoms with Crippen LogP contribution in [0.2, 0.25) is 0 Å². The molecule has 0 radical (unpaired) electrons. The Morgan fingerprint density at radius 1 is 1.03 bits per heavy atom. The van der Waals surface area contributed by atoms with Gasteiger partial charge in [-0.1, -0.05) is 43.2 Å². The van der Waals surface area contributed by atoms with Gasteiger partial charge in [-0.15, -0.1) is 0 Å². The highest BCUT2D eigenvalue weighted by Gasteiger charge is 2.34. The van der Waals surface area contributed by atoms with E-state index in [-0.39, 0.29) is 0 Å². The molecule has 29 heavy (non-hydrogen) atoms. The Bertz CT molecular complexity index is 648. The number of carboxylic acid groups (broad SMARTS) is 1. The van der Waals surface area contributed by atoms with Crippen LogP contribution in [0.15, 0.2) is 30.3 Å². The fourth-order valence-corrected chi connectivity index (χ4v) is 5.21. The summed E-state index contributed by atoms with van der Waals surface area (Å²) in [5.74, 6) is 0. The summed E-state index contributed by atoms with van der Waals surface area (Å²) in [4.78, 5) is 15.2. The van der Waals surface area contributed by atoms with Crippen LogP contribution < -0.4 is 5.32 Å². The van der Waals surface area contributed by atoms with Crippen LogP contribution in [0, 0.1) is 0 Å². The normalized spacial score (nSPS) is 29.2. The number of hydrogen-bond acceptors (Lipinski definition) is 4. The number of hydrogen-bond donors (Lipinski definition) is 2. The lowest BCUT2D eigenvalue weighted by molar-refractivity contribution is -0.0111. The van der Waals surface area contributed by atoms with Crippen molar-refractivity contribution < 1.29 is 14.6 Å². The molecule has 0 aromatic heterocycles. The number of carbonyl (C=O) groups is 1. The Morgan fingerprint density at radius 2 is 1.79 bits per heavy atom. The molecule has 2 N–H and O–H groups in total. The second-order valence-electron chi connectivity index (χ2n) is 8.87. The zero-order valence-electron chi connectivity index (χ0n) is 17.3. The van der Waals surface area contributed by atoms with Crippen LogP contribution >= 0.6 is 0 Å². The lowest BCUT2D eigenvalue weighted by Crippen LogP contribution is -2.53. The van der Waals surface area contributed by atoms with Gasteiger partial charge >= 0.3 is 6.09 Å². The Labute approximate surface area is 174 Å². The quantitative estimate of drug-likeness (QED) is 0.766. The van der Waals surface area contributed by atoms with E-state index < -0.39 is 6.09 Å². The highest BCUT2D eigenvalue weighted by Crippen LogP contribution is 2.25. The van der Waals surface area contributed by atoms with E-state index in [2.05, 4.69) is 34.5 Å². The van der Waals surface area contributed by atoms with Gasteiger partial charge in [0.2, 0.25) is 0 Å². The summed E-state index contributed by atoms with van der Waals surface area (Å²) in [6, 6.07) is 11.9. The number of likely N-dealkylation sites (tertiary alicyclic amines) is 2. The average molecular weight is 402 g/mol. The summed E-state index contributed by atoms with van der Waals surface area (Å²) in [6.45, 7) is 4.19. The lowest BCUT2D eigenvalue weighted by atomic mass is 9.90. The topological polar surface area (TPSA) is 65.0 Å². The molecular weight excluding hydrogens is 366 g/mol. The van der Waals surface area contributed by atoms with Gasteiger partial charge in [-0.3, -0.25) is 4.90 Å². The molecule has 160 valence electrons. The first-order chi connectivity index (χ1) is 14.2. The molecule has 1 aromatic carbocycles. The molecule has 1 aliphatic carbocycles. The third-order valence-corrected chi connectivity index (χ3v) is 6.94. The summed E-state index contributed by atoms with van der Waals surface area (Å²) >= 11 is 0. The molecule has 3 fully saturated rings. The Hall–Kier alpha value is -1.63. The second-order valence-corrected chi connectivity index (χ2v) is 8.87. The SMILES string of the molecule is O=C(O)N1CC[C@H](N2CCC(N[C@H]3CCCC[C@@H]3OCc3ccccc3)CC2)C1. The predicted molar refractivity (Wildman–Crippen MR) is 113 cm³/mol. The number of benzene rings is 1. The molecule has 4 rings (SSSR count). The van der Waals surface area contributed by atoms with E-state index in [0.717, 1.165) is 38.8 Å². The maximum absolute atomic E-state index is 11.2. The van der Waals surface area contributed by atoms with Crippen LogP contribution in [0.1, 0.15) is 50.5 Å². The molecule has 2 heterocycles. The number of nitrogens with one attached hydrogen (secondary N) is 1. The zero-order chi connectivity index (χ0) is 20.1. The molecule has 6 heteroatoms. The van der Waals surface area contributed by atoms with Gasteiger partial charge in [0.25, 0.3) is 0 Å². The maximum atomic E-state index is 11.2. The number of rotatable bonds is 6. The van der Waals surface area contributed by atoms with E-state index in [1.165, 1.54) is 24.8 Å². The van der Waals surface area contributed by atoms with Crippen molar-refractivity contribution in [3.05, 3.63) is 35.9 Å². The third-order valence-electron chi connectivity index (χ3n) is 6.94. The third kappa shape index (κ3) is 5.50. The first-order valence-corrected chi connectivity index (χ1v) is 11.3. The van der Waals surface area contributed by atoms with Crippen LogP contribution in [-0.4, -0.2) is 71.4 Å². The summed E-state index contributed by atoms with van der Waals surface area (Å²) in [7, 11) is 0. The molecule has 3 aliphatic rings. The molecule has 1 amide bonds. The van der Waals surface area contributed by atoms with Gasteiger partial charge in [0.15, 0.2) is 0 Å². The molecule has 2 aliphatic heterocycles. The van der Waals surface area contributed by atoms with Crippen molar-refractivity contribution in [2.24, 2.45) is 0 Å². The van der Waals surface area contributed by atoms with Crippen molar-refractivity contribution in [1.82, 2.24) is 15.1 Å². The van der Waals surface area contributed by atoms with Crippen LogP contribution in [0.25, 0.3) is 0 Å². The van der Waals surface area contributed by atoms with Gasteiger partial charge in [0.1, 0.15) is 0 Å². The van der Waals surface area contributed by atoms with Crippen molar-refractivity contribution in [2.45, 2.75) is 75.8 Å². The van der Waals surface area contributed by atoms with E-state index in [0.29, 0.717) is 43.9 Å². The summed E-state index contributed by atoms with van der Waals surface area (Å²) in [6.07, 6.45) is 7.70. The highest BCUT2D eigenvalue weighted by atomic mass is 16.5. The molecular formula is C23H35N3O3. The molecule has 0 unspecified atom stereocenters. The van der Waals surface area contributed by atoms with Crippen molar-refractivity contribution in [1.29, 1.82) is 0 Å². The smallest absolute Gasteiger partial charge is 0.407 e. The van der Waals surface area contributed by atoms with Gasteiger partial charge < -0.3 is 20.1 Å². The van der Waals surface area contributed by atoms with Crippen LogP contribution in [0.3, 0.4) is 0 Å². The minimum atomic E-state index is -0.775. The molecule has 3 atom stereocenters. The number of amides is 1. The lowest BCUT2D eigenvalue weighted by Gasteiger charge is -2.40. The minimum absolute atomic E-state index is 0.306.